The van der Waals surface area contributed by atoms with Crippen LogP contribution in [0.25, 0.3) is 0 Å². The molecule has 6 heteroatoms. The Bertz CT molecular complexity index is 438. The van der Waals surface area contributed by atoms with Crippen LogP contribution in [0.5, 0.6) is 0 Å². The molecule has 0 radical (unpaired) electrons. The molecule has 2 aliphatic rings. The molecule has 1 aliphatic heterocycles. The fourth-order valence-corrected chi connectivity index (χ4v) is 3.43. The van der Waals surface area contributed by atoms with Gasteiger partial charge in [-0.3, -0.25) is 0 Å². The first-order chi connectivity index (χ1) is 8.38. The molecule has 1 aliphatic carbocycles. The van der Waals surface area contributed by atoms with Crippen molar-refractivity contribution in [3.8, 4) is 0 Å². The summed E-state index contributed by atoms with van der Waals surface area (Å²) in [7, 11) is 0. The molecule has 0 unspecified atom stereocenters. The van der Waals surface area contributed by atoms with Crippen molar-refractivity contribution in [3.63, 3.8) is 0 Å². The van der Waals surface area contributed by atoms with Crippen molar-refractivity contribution in [3.05, 3.63) is 10.6 Å². The van der Waals surface area contributed by atoms with Gasteiger partial charge in [0.15, 0.2) is 5.13 Å². The molecule has 17 heavy (non-hydrogen) atoms. The Balaban J connectivity index is 1.90. The first kappa shape index (κ1) is 11.0. The molecule has 1 fully saturated rings. The van der Waals surface area contributed by atoms with Crippen molar-refractivity contribution in [1.82, 2.24) is 4.98 Å². The van der Waals surface area contributed by atoms with E-state index in [0.29, 0.717) is 0 Å². The number of oxime groups is 1. The molecule has 3 rings (SSSR count). The summed E-state index contributed by atoms with van der Waals surface area (Å²) < 4.78 is 5.34. The molecule has 1 N–H and O–H groups in total. The normalized spacial score (nSPS) is 22.8. The van der Waals surface area contributed by atoms with Crippen LogP contribution >= 0.6 is 11.3 Å². The third-order valence-electron chi connectivity index (χ3n) is 3.18. The molecule has 0 spiro atoms. The topological polar surface area (TPSA) is 58.0 Å². The van der Waals surface area contributed by atoms with Crippen LogP contribution in [0.15, 0.2) is 5.16 Å². The number of hydrogen-bond acceptors (Lipinski definition) is 6. The molecule has 1 saturated heterocycles. The second-order valence-electron chi connectivity index (χ2n) is 4.27. The van der Waals surface area contributed by atoms with Crippen molar-refractivity contribution in [2.24, 2.45) is 5.16 Å². The summed E-state index contributed by atoms with van der Waals surface area (Å²) in [6, 6.07) is 0. The molecule has 0 bridgehead atoms. The lowest BCUT2D eigenvalue weighted by atomic mass is 10.0. The van der Waals surface area contributed by atoms with Gasteiger partial charge in [-0.1, -0.05) is 16.5 Å². The predicted octanol–water partition coefficient (Wildman–Crippen LogP) is 1.49. The van der Waals surface area contributed by atoms with Crippen LogP contribution in [0.4, 0.5) is 5.13 Å². The van der Waals surface area contributed by atoms with Crippen molar-refractivity contribution < 1.29 is 9.94 Å². The Kier molecular flexibility index (Phi) is 2.98. The van der Waals surface area contributed by atoms with Gasteiger partial charge in [0, 0.05) is 13.1 Å². The molecule has 92 valence electrons. The Labute approximate surface area is 104 Å². The molecule has 1 aromatic heterocycles. The van der Waals surface area contributed by atoms with Crippen LogP contribution in [0.1, 0.15) is 23.4 Å². The van der Waals surface area contributed by atoms with E-state index in [0.717, 1.165) is 67.0 Å². The maximum absolute atomic E-state index is 8.99. The van der Waals surface area contributed by atoms with Crippen LogP contribution in [0, 0.1) is 0 Å². The third kappa shape index (κ3) is 2.02. The molecule has 0 atom stereocenters. The summed E-state index contributed by atoms with van der Waals surface area (Å²) in [5, 5.41) is 13.4. The summed E-state index contributed by atoms with van der Waals surface area (Å²) >= 11 is 1.64. The number of thiazole rings is 1. The highest BCUT2D eigenvalue weighted by Crippen LogP contribution is 2.32. The van der Waals surface area contributed by atoms with Gasteiger partial charge < -0.3 is 14.8 Å². The number of aromatic nitrogens is 1. The van der Waals surface area contributed by atoms with Crippen molar-refractivity contribution in [1.29, 1.82) is 0 Å². The highest BCUT2D eigenvalue weighted by molar-refractivity contribution is 7.17. The predicted molar refractivity (Wildman–Crippen MR) is 66.4 cm³/mol. The smallest absolute Gasteiger partial charge is 0.186 e. The molecule has 0 aromatic carbocycles. The molecule has 5 nitrogen and oxygen atoms in total. The fourth-order valence-electron chi connectivity index (χ4n) is 2.26. The van der Waals surface area contributed by atoms with Crippen LogP contribution < -0.4 is 4.90 Å². The van der Waals surface area contributed by atoms with E-state index in [2.05, 4.69) is 15.0 Å². The lowest BCUT2D eigenvalue weighted by Gasteiger charge is -2.26. The number of hydrogen-bond donors (Lipinski definition) is 1. The number of nitrogens with zero attached hydrogens (tertiary/aromatic N) is 3. The number of morpholine rings is 1. The number of fused-ring (bicyclic) bond motifs is 1. The van der Waals surface area contributed by atoms with Gasteiger partial charge in [0.1, 0.15) is 0 Å². The van der Waals surface area contributed by atoms with E-state index in [1.165, 1.54) is 0 Å². The summed E-state index contributed by atoms with van der Waals surface area (Å²) in [6.45, 7) is 3.34. The maximum atomic E-state index is 8.99. The highest BCUT2D eigenvalue weighted by atomic mass is 32.1. The Hall–Kier alpha value is -1.14. The van der Waals surface area contributed by atoms with Gasteiger partial charge in [0.2, 0.25) is 0 Å². The zero-order valence-electron chi connectivity index (χ0n) is 9.56. The molecule has 2 heterocycles. The minimum Gasteiger partial charge on any atom is -0.411 e. The summed E-state index contributed by atoms with van der Waals surface area (Å²) in [5.41, 5.74) is 1.89. The standard InChI is InChI=1S/C11H15N3O2S/c15-13-9-3-1-2-8-10(9)17-11(12-8)14-4-6-16-7-5-14/h15H,1-7H2/b13-9+. The molecular formula is C11H15N3O2S. The van der Waals surface area contributed by atoms with Gasteiger partial charge in [0.05, 0.1) is 29.5 Å². The average molecular weight is 253 g/mol. The zero-order valence-corrected chi connectivity index (χ0v) is 10.4. The van der Waals surface area contributed by atoms with Crippen LogP contribution in [-0.2, 0) is 11.2 Å². The number of rotatable bonds is 1. The number of aryl methyl sites for hydroxylation is 1. The third-order valence-corrected chi connectivity index (χ3v) is 4.39. The molecular weight excluding hydrogens is 238 g/mol. The fraction of sp³-hybridized carbons (Fsp3) is 0.636. The summed E-state index contributed by atoms with van der Waals surface area (Å²) in [6.07, 6.45) is 2.88. The van der Waals surface area contributed by atoms with Crippen molar-refractivity contribution >= 4 is 22.2 Å². The summed E-state index contributed by atoms with van der Waals surface area (Å²) in [5.74, 6) is 0. The number of ether oxygens (including phenoxy) is 1. The number of anilines is 1. The summed E-state index contributed by atoms with van der Waals surface area (Å²) in [4.78, 5) is 7.99. The minimum atomic E-state index is 0.769. The Morgan fingerprint density at radius 1 is 1.29 bits per heavy atom. The van der Waals surface area contributed by atoms with Crippen molar-refractivity contribution in [2.45, 2.75) is 19.3 Å². The highest BCUT2D eigenvalue weighted by Gasteiger charge is 2.24. The van der Waals surface area contributed by atoms with Gasteiger partial charge in [-0.2, -0.15) is 0 Å². The van der Waals surface area contributed by atoms with E-state index in [9.17, 15) is 0 Å². The Morgan fingerprint density at radius 3 is 2.88 bits per heavy atom. The second kappa shape index (κ2) is 4.62. The second-order valence-corrected chi connectivity index (χ2v) is 5.25. The van der Waals surface area contributed by atoms with E-state index in [1.54, 1.807) is 11.3 Å². The lowest BCUT2D eigenvalue weighted by Crippen LogP contribution is -2.36. The molecule has 1 aromatic rings. The van der Waals surface area contributed by atoms with Crippen LogP contribution in [0.2, 0.25) is 0 Å². The molecule has 0 saturated carbocycles. The molecule has 0 amide bonds. The minimum absolute atomic E-state index is 0.769. The van der Waals surface area contributed by atoms with Crippen molar-refractivity contribution in [2.75, 3.05) is 31.2 Å². The van der Waals surface area contributed by atoms with E-state index in [1.807, 2.05) is 0 Å². The zero-order chi connectivity index (χ0) is 11.7. The average Bonchev–Trinajstić information content (AvgIpc) is 2.83. The van der Waals surface area contributed by atoms with E-state index in [-0.39, 0.29) is 0 Å². The maximum Gasteiger partial charge on any atom is 0.186 e. The first-order valence-electron chi connectivity index (χ1n) is 5.92. The lowest BCUT2D eigenvalue weighted by molar-refractivity contribution is 0.122. The first-order valence-corrected chi connectivity index (χ1v) is 6.74. The van der Waals surface area contributed by atoms with Gasteiger partial charge in [-0.25, -0.2) is 4.98 Å². The monoisotopic (exact) mass is 253 g/mol. The van der Waals surface area contributed by atoms with Gasteiger partial charge in [0.25, 0.3) is 0 Å². The van der Waals surface area contributed by atoms with Gasteiger partial charge in [-0.05, 0) is 19.3 Å². The van der Waals surface area contributed by atoms with E-state index in [4.69, 9.17) is 9.94 Å². The quantitative estimate of drug-likeness (QED) is 0.608. The SMILES string of the molecule is O/N=C1\CCCc2nc(N3CCOCC3)sc21. The van der Waals surface area contributed by atoms with Gasteiger partial charge in [-0.15, -0.1) is 0 Å². The van der Waals surface area contributed by atoms with Gasteiger partial charge >= 0.3 is 0 Å². The van der Waals surface area contributed by atoms with E-state index >= 15 is 0 Å². The van der Waals surface area contributed by atoms with Crippen LogP contribution in [0.3, 0.4) is 0 Å². The van der Waals surface area contributed by atoms with Crippen LogP contribution in [-0.4, -0.2) is 42.2 Å². The largest absolute Gasteiger partial charge is 0.411 e. The Morgan fingerprint density at radius 2 is 2.12 bits per heavy atom. The van der Waals surface area contributed by atoms with E-state index < -0.39 is 0 Å².